The Morgan fingerprint density at radius 1 is 1.33 bits per heavy atom. The van der Waals surface area contributed by atoms with E-state index in [0.717, 1.165) is 31.2 Å². The number of hydrogen-bond donors (Lipinski definition) is 1. The number of aryl methyl sites for hydroxylation is 1. The quantitative estimate of drug-likeness (QED) is 0.870. The van der Waals surface area contributed by atoms with Gasteiger partial charge in [0.25, 0.3) is 0 Å². The molecule has 18 heavy (non-hydrogen) atoms. The molecule has 98 valence electrons. The lowest BCUT2D eigenvalue weighted by Crippen LogP contribution is -2.40. The third kappa shape index (κ3) is 1.93. The number of fused-ring (bicyclic) bond motifs is 1. The van der Waals surface area contributed by atoms with Crippen LogP contribution in [0, 0.1) is 6.92 Å². The minimum absolute atomic E-state index is 0.665. The maximum atomic E-state index is 4.74. The second kappa shape index (κ2) is 4.75. The predicted octanol–water partition coefficient (Wildman–Crippen LogP) is 2.52. The summed E-state index contributed by atoms with van der Waals surface area (Å²) >= 11 is 0. The molecule has 0 radical (unpaired) electrons. The molecule has 0 aliphatic carbocycles. The van der Waals surface area contributed by atoms with Crippen LogP contribution in [0.3, 0.4) is 0 Å². The van der Waals surface area contributed by atoms with Gasteiger partial charge in [-0.2, -0.15) is 0 Å². The topological polar surface area (TPSA) is 41.1 Å². The monoisotopic (exact) mass is 246 g/mol. The van der Waals surface area contributed by atoms with Crippen LogP contribution in [0.2, 0.25) is 0 Å². The van der Waals surface area contributed by atoms with E-state index < -0.39 is 0 Å². The van der Waals surface area contributed by atoms with Gasteiger partial charge in [-0.15, -0.1) is 0 Å². The van der Waals surface area contributed by atoms with Gasteiger partial charge in [0.2, 0.25) is 0 Å². The van der Waals surface area contributed by atoms with Crippen molar-refractivity contribution in [3.63, 3.8) is 0 Å². The van der Waals surface area contributed by atoms with Crippen molar-refractivity contribution in [2.75, 3.05) is 23.3 Å². The molecule has 4 heteroatoms. The van der Waals surface area contributed by atoms with Gasteiger partial charge >= 0.3 is 0 Å². The van der Waals surface area contributed by atoms with Gasteiger partial charge < -0.3 is 10.2 Å². The molecular weight excluding hydrogens is 224 g/mol. The smallest absolute Gasteiger partial charge is 0.137 e. The molecule has 2 aliphatic rings. The van der Waals surface area contributed by atoms with Crippen LogP contribution in [0.4, 0.5) is 11.6 Å². The minimum atomic E-state index is 0.665. The second-order valence-electron chi connectivity index (χ2n) is 5.35. The van der Waals surface area contributed by atoms with Gasteiger partial charge in [0.05, 0.1) is 0 Å². The molecule has 1 fully saturated rings. The normalized spacial score (nSPS) is 22.8. The first-order valence-electron chi connectivity index (χ1n) is 7.17. The van der Waals surface area contributed by atoms with E-state index in [2.05, 4.69) is 22.1 Å². The Kier molecular flexibility index (Phi) is 3.10. The van der Waals surface area contributed by atoms with E-state index >= 15 is 0 Å². The summed E-state index contributed by atoms with van der Waals surface area (Å²) in [6.07, 6.45) is 6.24. The van der Waals surface area contributed by atoms with Gasteiger partial charge in [-0.1, -0.05) is 6.92 Å². The van der Waals surface area contributed by atoms with Crippen LogP contribution in [-0.4, -0.2) is 29.1 Å². The summed E-state index contributed by atoms with van der Waals surface area (Å²) in [6, 6.07) is 0.665. The molecular formula is C14H22N4. The molecule has 0 bridgehead atoms. The number of rotatable bonds is 2. The van der Waals surface area contributed by atoms with E-state index in [4.69, 9.17) is 4.98 Å². The molecule has 0 amide bonds. The Hall–Kier alpha value is -1.32. The van der Waals surface area contributed by atoms with Gasteiger partial charge in [-0.3, -0.25) is 0 Å². The van der Waals surface area contributed by atoms with Crippen LogP contribution >= 0.6 is 0 Å². The second-order valence-corrected chi connectivity index (χ2v) is 5.35. The van der Waals surface area contributed by atoms with Crippen LogP contribution in [0.15, 0.2) is 0 Å². The lowest BCUT2D eigenvalue weighted by atomic mass is 9.99. The zero-order chi connectivity index (χ0) is 12.5. The number of hydrogen-bond acceptors (Lipinski definition) is 4. The van der Waals surface area contributed by atoms with Gasteiger partial charge in [0.15, 0.2) is 0 Å². The fourth-order valence-electron chi connectivity index (χ4n) is 3.20. The first-order chi connectivity index (χ1) is 8.79. The number of nitrogens with one attached hydrogen (secondary N) is 1. The van der Waals surface area contributed by atoms with Crippen molar-refractivity contribution >= 4 is 11.6 Å². The van der Waals surface area contributed by atoms with E-state index in [1.54, 1.807) is 0 Å². The third-order valence-corrected chi connectivity index (χ3v) is 4.13. The highest BCUT2D eigenvalue weighted by Gasteiger charge is 2.27. The highest BCUT2D eigenvalue weighted by atomic mass is 15.2. The molecule has 1 atom stereocenters. The fourth-order valence-corrected chi connectivity index (χ4v) is 3.20. The lowest BCUT2D eigenvalue weighted by molar-refractivity contribution is 0.445. The Balaban J connectivity index is 2.00. The molecule has 4 nitrogen and oxygen atoms in total. The summed E-state index contributed by atoms with van der Waals surface area (Å²) in [4.78, 5) is 11.8. The molecule has 0 aromatic carbocycles. The average molecular weight is 246 g/mol. The molecule has 2 aliphatic heterocycles. The molecule has 1 aromatic heterocycles. The van der Waals surface area contributed by atoms with Crippen LogP contribution in [0.1, 0.15) is 44.0 Å². The zero-order valence-electron chi connectivity index (χ0n) is 11.4. The van der Waals surface area contributed by atoms with Gasteiger partial charge in [0, 0.05) is 24.7 Å². The van der Waals surface area contributed by atoms with E-state index in [-0.39, 0.29) is 0 Å². The van der Waals surface area contributed by atoms with Crippen molar-refractivity contribution in [3.8, 4) is 0 Å². The van der Waals surface area contributed by atoms with Crippen LogP contribution in [0.5, 0.6) is 0 Å². The largest absolute Gasteiger partial charge is 0.369 e. The molecule has 3 rings (SSSR count). The molecule has 1 aromatic rings. The van der Waals surface area contributed by atoms with Crippen molar-refractivity contribution < 1.29 is 0 Å². The minimum Gasteiger partial charge on any atom is -0.369 e. The summed E-state index contributed by atoms with van der Waals surface area (Å²) in [5.74, 6) is 3.16. The molecule has 3 heterocycles. The number of nitrogens with zero attached hydrogens (tertiary/aromatic N) is 3. The maximum absolute atomic E-state index is 4.74. The van der Waals surface area contributed by atoms with Crippen molar-refractivity contribution in [3.05, 3.63) is 11.4 Å². The number of piperidine rings is 1. The zero-order valence-corrected chi connectivity index (χ0v) is 11.4. The van der Waals surface area contributed by atoms with Crippen molar-refractivity contribution in [2.24, 2.45) is 0 Å². The molecule has 1 saturated heterocycles. The SMILES string of the molecule is CCC1CCCCN1c1nc(C)nc2c1CCN2. The van der Waals surface area contributed by atoms with Crippen LogP contribution in [0.25, 0.3) is 0 Å². The van der Waals surface area contributed by atoms with E-state index in [1.165, 1.54) is 37.1 Å². The molecule has 1 N–H and O–H groups in total. The summed E-state index contributed by atoms with van der Waals surface area (Å²) in [5.41, 5.74) is 1.33. The van der Waals surface area contributed by atoms with Gasteiger partial charge in [0.1, 0.15) is 17.5 Å². The standard InChI is InChI=1S/C14H22N4/c1-3-11-6-4-5-9-18(11)14-12-7-8-15-13(12)16-10(2)17-14/h11H,3-9H2,1-2H3,(H,15,16,17). The highest BCUT2D eigenvalue weighted by Crippen LogP contribution is 2.33. The average Bonchev–Trinajstić information content (AvgIpc) is 2.85. The summed E-state index contributed by atoms with van der Waals surface area (Å²) in [5, 5.41) is 3.38. The fraction of sp³-hybridized carbons (Fsp3) is 0.714. The van der Waals surface area contributed by atoms with Gasteiger partial charge in [-0.25, -0.2) is 9.97 Å². The Morgan fingerprint density at radius 2 is 2.22 bits per heavy atom. The molecule has 0 saturated carbocycles. The summed E-state index contributed by atoms with van der Waals surface area (Å²) in [7, 11) is 0. The lowest BCUT2D eigenvalue weighted by Gasteiger charge is -2.37. The van der Waals surface area contributed by atoms with Crippen LogP contribution < -0.4 is 10.2 Å². The third-order valence-electron chi connectivity index (χ3n) is 4.13. The Labute approximate surface area is 109 Å². The van der Waals surface area contributed by atoms with E-state index in [0.29, 0.717) is 6.04 Å². The molecule has 0 spiro atoms. The Morgan fingerprint density at radius 3 is 3.06 bits per heavy atom. The number of aromatic nitrogens is 2. The highest BCUT2D eigenvalue weighted by molar-refractivity contribution is 5.63. The first kappa shape index (κ1) is 11.8. The van der Waals surface area contributed by atoms with Gasteiger partial charge in [-0.05, 0) is 39.0 Å². The van der Waals surface area contributed by atoms with Crippen molar-refractivity contribution in [1.29, 1.82) is 0 Å². The Bertz CT molecular complexity index is 444. The summed E-state index contributed by atoms with van der Waals surface area (Å²) < 4.78 is 0. The van der Waals surface area contributed by atoms with E-state index in [1.807, 2.05) is 6.92 Å². The van der Waals surface area contributed by atoms with Crippen molar-refractivity contribution in [2.45, 2.75) is 52.0 Å². The predicted molar refractivity (Wildman–Crippen MR) is 74.2 cm³/mol. The maximum Gasteiger partial charge on any atom is 0.137 e. The number of anilines is 2. The molecule has 1 unspecified atom stereocenters. The van der Waals surface area contributed by atoms with E-state index in [9.17, 15) is 0 Å². The first-order valence-corrected chi connectivity index (χ1v) is 7.17. The van der Waals surface area contributed by atoms with Crippen LogP contribution in [-0.2, 0) is 6.42 Å². The summed E-state index contributed by atoms with van der Waals surface area (Å²) in [6.45, 7) is 6.44. The van der Waals surface area contributed by atoms with Crippen molar-refractivity contribution in [1.82, 2.24) is 9.97 Å².